The molecule has 0 aromatic rings. The van der Waals surface area contributed by atoms with E-state index in [0.29, 0.717) is 19.4 Å². The number of aliphatic hydroxyl groups is 6. The van der Waals surface area contributed by atoms with E-state index < -0.39 is 80.7 Å². The van der Waals surface area contributed by atoms with E-state index in [1.54, 1.807) is 0 Å². The first-order chi connectivity index (χ1) is 16.6. The van der Waals surface area contributed by atoms with E-state index in [1.807, 2.05) is 0 Å². The molecule has 0 aliphatic carbocycles. The molecule has 0 saturated carbocycles. The molecule has 0 aromatic carbocycles. The molecule has 15 heteroatoms. The van der Waals surface area contributed by atoms with Gasteiger partial charge in [0.25, 0.3) is 0 Å². The second kappa shape index (κ2) is 14.3. The van der Waals surface area contributed by atoms with Crippen LogP contribution in [0.3, 0.4) is 0 Å². The first-order valence-corrected chi connectivity index (χ1v) is 11.2. The van der Waals surface area contributed by atoms with Gasteiger partial charge in [-0.05, 0) is 13.3 Å². The number of carbonyl (C=O) groups excluding carboxylic acids is 2. The summed E-state index contributed by atoms with van der Waals surface area (Å²) in [6.45, 7) is 0.408. The molecule has 2 aliphatic heterocycles. The molecule has 0 unspecified atom stereocenters. The maximum Gasteiger partial charge on any atom is 0.404 e. The number of aliphatic hydroxyl groups excluding tert-OH is 6. The lowest BCUT2D eigenvalue weighted by Crippen LogP contribution is -2.65. The van der Waals surface area contributed by atoms with Crippen LogP contribution in [0.5, 0.6) is 0 Å². The van der Waals surface area contributed by atoms with Gasteiger partial charge in [-0.15, -0.1) is 0 Å². The van der Waals surface area contributed by atoms with Crippen molar-refractivity contribution in [3.63, 3.8) is 0 Å². The fourth-order valence-corrected chi connectivity index (χ4v) is 3.68. The molecule has 2 saturated heterocycles. The summed E-state index contributed by atoms with van der Waals surface area (Å²) in [6.07, 6.45) is -15.9. The summed E-state index contributed by atoms with van der Waals surface area (Å²) >= 11 is 0. The van der Waals surface area contributed by atoms with E-state index in [0.717, 1.165) is 0 Å². The molecule has 10 atom stereocenters. The molecule has 2 heterocycles. The van der Waals surface area contributed by atoms with Crippen LogP contribution < -0.4 is 5.73 Å². The van der Waals surface area contributed by atoms with Crippen molar-refractivity contribution in [1.82, 2.24) is 0 Å². The Hall–Kier alpha value is -1.50. The Labute approximate surface area is 201 Å². The first-order valence-electron chi connectivity index (χ1n) is 11.2. The molecule has 2 rings (SSSR count). The van der Waals surface area contributed by atoms with Crippen molar-refractivity contribution in [3.8, 4) is 0 Å². The Morgan fingerprint density at radius 3 is 2.06 bits per heavy atom. The van der Waals surface area contributed by atoms with Crippen LogP contribution in [0.15, 0.2) is 0 Å². The van der Waals surface area contributed by atoms with Crippen LogP contribution in [0.4, 0.5) is 4.79 Å². The van der Waals surface area contributed by atoms with Crippen molar-refractivity contribution in [2.45, 2.75) is 81.2 Å². The van der Waals surface area contributed by atoms with E-state index in [4.69, 9.17) is 34.2 Å². The minimum Gasteiger partial charge on any atom is -0.441 e. The van der Waals surface area contributed by atoms with E-state index in [9.17, 15) is 40.2 Å². The first kappa shape index (κ1) is 29.7. The number of carbonyl (C=O) groups is 2. The van der Waals surface area contributed by atoms with Gasteiger partial charge in [0.05, 0.1) is 26.4 Å². The third kappa shape index (κ3) is 8.26. The zero-order valence-electron chi connectivity index (χ0n) is 19.2. The maximum absolute atomic E-state index is 11.2. The van der Waals surface area contributed by atoms with E-state index >= 15 is 0 Å². The highest BCUT2D eigenvalue weighted by atomic mass is 16.8. The number of ketones is 1. The van der Waals surface area contributed by atoms with E-state index in [2.05, 4.69) is 0 Å². The highest BCUT2D eigenvalue weighted by Crippen LogP contribution is 2.30. The number of amides is 1. The van der Waals surface area contributed by atoms with Gasteiger partial charge in [0.2, 0.25) is 0 Å². The lowest BCUT2D eigenvalue weighted by Gasteiger charge is -2.46. The molecule has 2 aliphatic rings. The predicted molar refractivity (Wildman–Crippen MR) is 112 cm³/mol. The highest BCUT2D eigenvalue weighted by molar-refractivity contribution is 5.75. The van der Waals surface area contributed by atoms with Gasteiger partial charge in [-0.2, -0.15) is 0 Å². The van der Waals surface area contributed by atoms with Crippen LogP contribution in [-0.4, -0.2) is 137 Å². The van der Waals surface area contributed by atoms with Gasteiger partial charge in [0, 0.05) is 13.0 Å². The van der Waals surface area contributed by atoms with Crippen molar-refractivity contribution in [1.29, 1.82) is 0 Å². The standard InChI is InChI=1S/C20H35NO14/c1-9(24)3-2-4-30-5-6-31-19-17(14(27)12(25)10(7-22)33-19)34-18-15(28)16(35-20(21)29)13(26)11(8-23)32-18/h10-19,22-23,25-28H,2-8H2,1H3,(H2,21,29)/t10-,11+,12+,13+,14-,15-,16-,17-,18+,19-/m0/s1. The second-order valence-electron chi connectivity index (χ2n) is 8.20. The van der Waals surface area contributed by atoms with Gasteiger partial charge in [0.1, 0.15) is 48.5 Å². The SMILES string of the molecule is CC(=O)CCCOCCO[C@H]1O[C@@H](CO)[C@@H](O)[C@H](O)[C@@H]1O[C@H]1O[C@H](CO)[C@@H](O)[C@H](OC(N)=O)[C@@H]1O. The van der Waals surface area contributed by atoms with Crippen molar-refractivity contribution in [2.24, 2.45) is 5.73 Å². The summed E-state index contributed by atoms with van der Waals surface area (Å²) in [5.74, 6) is 0.0366. The van der Waals surface area contributed by atoms with Gasteiger partial charge >= 0.3 is 6.09 Å². The van der Waals surface area contributed by atoms with Crippen LogP contribution in [0.1, 0.15) is 19.8 Å². The van der Waals surface area contributed by atoms with Crippen LogP contribution in [0, 0.1) is 0 Å². The average molecular weight is 513 g/mol. The molecule has 204 valence electrons. The van der Waals surface area contributed by atoms with Gasteiger partial charge in [0.15, 0.2) is 18.7 Å². The monoisotopic (exact) mass is 513 g/mol. The van der Waals surface area contributed by atoms with Gasteiger partial charge in [-0.1, -0.05) is 0 Å². The number of ether oxygens (including phenoxy) is 6. The van der Waals surface area contributed by atoms with E-state index in [1.165, 1.54) is 6.92 Å². The quantitative estimate of drug-likeness (QED) is 0.117. The van der Waals surface area contributed by atoms with Crippen molar-refractivity contribution in [3.05, 3.63) is 0 Å². The van der Waals surface area contributed by atoms with Crippen molar-refractivity contribution < 1.29 is 68.6 Å². The maximum atomic E-state index is 11.2. The Balaban J connectivity index is 2.06. The number of Topliss-reactive ketones (excluding diaryl/α,β-unsaturated/α-hetero) is 1. The summed E-state index contributed by atoms with van der Waals surface area (Å²) in [5, 5.41) is 60.5. The third-order valence-electron chi connectivity index (χ3n) is 5.52. The molecule has 0 bridgehead atoms. The van der Waals surface area contributed by atoms with Gasteiger partial charge in [-0.3, -0.25) is 0 Å². The van der Waals surface area contributed by atoms with Gasteiger partial charge < -0.3 is 69.6 Å². The number of hydrogen-bond acceptors (Lipinski definition) is 14. The minimum absolute atomic E-state index is 0.0366. The highest BCUT2D eigenvalue weighted by Gasteiger charge is 2.52. The fraction of sp³-hybridized carbons (Fsp3) is 0.900. The Morgan fingerprint density at radius 1 is 0.829 bits per heavy atom. The number of nitrogens with two attached hydrogens (primary N) is 1. The molecule has 0 radical (unpaired) electrons. The van der Waals surface area contributed by atoms with Crippen LogP contribution in [-0.2, 0) is 33.2 Å². The van der Waals surface area contributed by atoms with E-state index in [-0.39, 0.29) is 19.0 Å². The summed E-state index contributed by atoms with van der Waals surface area (Å²) in [7, 11) is 0. The molecule has 8 N–H and O–H groups in total. The summed E-state index contributed by atoms with van der Waals surface area (Å²) < 4.78 is 32.1. The largest absolute Gasteiger partial charge is 0.441 e. The Bertz CT molecular complexity index is 668. The Kier molecular flexibility index (Phi) is 12.1. The average Bonchev–Trinajstić information content (AvgIpc) is 2.81. The van der Waals surface area contributed by atoms with Crippen molar-refractivity contribution in [2.75, 3.05) is 33.0 Å². The minimum atomic E-state index is -1.81. The predicted octanol–water partition coefficient (Wildman–Crippen LogP) is -3.88. The number of hydrogen-bond donors (Lipinski definition) is 7. The fourth-order valence-electron chi connectivity index (χ4n) is 3.68. The normalized spacial score (nSPS) is 37.7. The smallest absolute Gasteiger partial charge is 0.404 e. The Morgan fingerprint density at radius 2 is 1.46 bits per heavy atom. The molecule has 1 amide bonds. The number of primary amides is 1. The van der Waals surface area contributed by atoms with Crippen molar-refractivity contribution >= 4 is 11.9 Å². The topological polar surface area (TPSA) is 237 Å². The molecule has 15 nitrogen and oxygen atoms in total. The molecular weight excluding hydrogens is 478 g/mol. The van der Waals surface area contributed by atoms with Crippen LogP contribution in [0.25, 0.3) is 0 Å². The zero-order valence-corrected chi connectivity index (χ0v) is 19.2. The summed E-state index contributed by atoms with van der Waals surface area (Å²) in [5.41, 5.74) is 4.98. The lowest BCUT2D eigenvalue weighted by atomic mass is 9.97. The molecular formula is C20H35NO14. The molecule has 0 spiro atoms. The summed E-state index contributed by atoms with van der Waals surface area (Å²) in [6, 6.07) is 0. The third-order valence-corrected chi connectivity index (χ3v) is 5.52. The van der Waals surface area contributed by atoms with Crippen LogP contribution >= 0.6 is 0 Å². The lowest BCUT2D eigenvalue weighted by molar-refractivity contribution is -0.367. The van der Waals surface area contributed by atoms with Gasteiger partial charge in [-0.25, -0.2) is 4.79 Å². The molecule has 35 heavy (non-hydrogen) atoms. The van der Waals surface area contributed by atoms with Crippen LogP contribution in [0.2, 0.25) is 0 Å². The molecule has 2 fully saturated rings. The molecule has 0 aromatic heterocycles. The number of rotatable bonds is 13. The summed E-state index contributed by atoms with van der Waals surface area (Å²) in [4.78, 5) is 22.1. The second-order valence-corrected chi connectivity index (χ2v) is 8.20. The zero-order chi connectivity index (χ0) is 26.1.